The molecular weight excluding hydrogens is 222 g/mol. The fraction of sp³-hybridized carbons (Fsp3) is 0.286. The van der Waals surface area contributed by atoms with Gasteiger partial charge in [0.2, 0.25) is 0 Å². The molecule has 2 aromatic rings. The maximum absolute atomic E-state index is 4.36. The van der Waals surface area contributed by atoms with Gasteiger partial charge in [0.15, 0.2) is 9.99 Å². The molecule has 68 valence electrons. The molecule has 2 aromatic heterocycles. The Labute approximate surface area is 88.4 Å². The molecular formula is C7H7N3S3. The van der Waals surface area contributed by atoms with Gasteiger partial charge >= 0.3 is 0 Å². The molecule has 0 saturated heterocycles. The number of hydrogen-bond donors (Lipinski definition) is 0. The molecule has 0 radical (unpaired) electrons. The summed E-state index contributed by atoms with van der Waals surface area (Å²) in [5.41, 5.74) is 0.814. The van der Waals surface area contributed by atoms with Crippen LogP contribution in [-0.4, -0.2) is 27.5 Å². The maximum Gasteiger partial charge on any atom is 0.175 e. The van der Waals surface area contributed by atoms with Crippen molar-refractivity contribution >= 4 is 45.2 Å². The molecule has 6 heteroatoms. The number of thiazole rings is 1. The van der Waals surface area contributed by atoms with Crippen LogP contribution in [0.15, 0.2) is 15.7 Å². The molecule has 2 heterocycles. The summed E-state index contributed by atoms with van der Waals surface area (Å²) in [6.45, 7) is 0. The summed E-state index contributed by atoms with van der Waals surface area (Å²) in [5.74, 6) is 0. The van der Waals surface area contributed by atoms with Crippen molar-refractivity contribution in [1.82, 2.24) is 15.0 Å². The molecule has 3 nitrogen and oxygen atoms in total. The minimum Gasteiger partial charge on any atom is -0.228 e. The number of fused-ring (bicyclic) bond motifs is 1. The first kappa shape index (κ1) is 9.23. The third-order valence-corrected chi connectivity index (χ3v) is 4.37. The molecule has 0 amide bonds. The first-order valence-corrected chi connectivity index (χ1v) is 6.81. The second-order valence-corrected chi connectivity index (χ2v) is 5.07. The number of rotatable bonds is 2. The molecule has 2 rings (SSSR count). The monoisotopic (exact) mass is 229 g/mol. The number of thioether (sulfide) groups is 2. The van der Waals surface area contributed by atoms with Crippen LogP contribution >= 0.6 is 34.9 Å². The molecule has 0 unspecified atom stereocenters. The molecule has 0 bridgehead atoms. The van der Waals surface area contributed by atoms with E-state index in [0.717, 1.165) is 19.7 Å². The molecule has 0 aromatic carbocycles. The zero-order chi connectivity index (χ0) is 9.26. The summed E-state index contributed by atoms with van der Waals surface area (Å²) in [5, 5.41) is 1.02. The van der Waals surface area contributed by atoms with E-state index in [0.29, 0.717) is 0 Å². The predicted molar refractivity (Wildman–Crippen MR) is 58.8 cm³/mol. The fourth-order valence-electron chi connectivity index (χ4n) is 0.947. The Morgan fingerprint density at radius 3 is 2.77 bits per heavy atom. The quantitative estimate of drug-likeness (QED) is 0.584. The van der Waals surface area contributed by atoms with Crippen molar-refractivity contribution in [3.8, 4) is 0 Å². The molecule has 0 aliphatic rings. The highest BCUT2D eigenvalue weighted by Crippen LogP contribution is 2.31. The average Bonchev–Trinajstić information content (AvgIpc) is 2.59. The van der Waals surface area contributed by atoms with Crippen LogP contribution in [0.5, 0.6) is 0 Å². The van der Waals surface area contributed by atoms with Crippen LogP contribution in [0.4, 0.5) is 0 Å². The zero-order valence-corrected chi connectivity index (χ0v) is 9.59. The van der Waals surface area contributed by atoms with Crippen molar-refractivity contribution in [3.63, 3.8) is 0 Å². The van der Waals surface area contributed by atoms with Crippen molar-refractivity contribution < 1.29 is 0 Å². The van der Waals surface area contributed by atoms with Crippen LogP contribution < -0.4 is 0 Å². The summed E-state index contributed by atoms with van der Waals surface area (Å²) in [6.07, 6.45) is 5.60. The Hall–Kier alpha value is -0.330. The highest BCUT2D eigenvalue weighted by molar-refractivity contribution is 8.00. The highest BCUT2D eigenvalue weighted by Gasteiger charge is 2.08. The van der Waals surface area contributed by atoms with E-state index in [9.17, 15) is 0 Å². The van der Waals surface area contributed by atoms with E-state index in [1.165, 1.54) is 0 Å². The van der Waals surface area contributed by atoms with Gasteiger partial charge in [-0.1, -0.05) is 11.8 Å². The molecule has 0 aliphatic heterocycles. The minimum absolute atomic E-state index is 0.814. The lowest BCUT2D eigenvalue weighted by Gasteiger charge is -1.92. The Morgan fingerprint density at radius 1 is 1.23 bits per heavy atom. The fourth-order valence-corrected chi connectivity index (χ4v) is 3.15. The smallest absolute Gasteiger partial charge is 0.175 e. The van der Waals surface area contributed by atoms with Crippen LogP contribution in [-0.2, 0) is 0 Å². The maximum atomic E-state index is 4.36. The molecule has 13 heavy (non-hydrogen) atoms. The lowest BCUT2D eigenvalue weighted by atomic mass is 10.6. The van der Waals surface area contributed by atoms with Crippen LogP contribution in [0.25, 0.3) is 10.3 Å². The van der Waals surface area contributed by atoms with Crippen molar-refractivity contribution in [2.75, 3.05) is 12.5 Å². The molecule has 0 saturated carbocycles. The van der Waals surface area contributed by atoms with Crippen LogP contribution in [0.1, 0.15) is 0 Å². The normalized spacial score (nSPS) is 10.9. The third kappa shape index (κ3) is 1.66. The van der Waals surface area contributed by atoms with Gasteiger partial charge in [-0.3, -0.25) is 0 Å². The van der Waals surface area contributed by atoms with Gasteiger partial charge in [0, 0.05) is 0 Å². The van der Waals surface area contributed by atoms with Crippen molar-refractivity contribution in [2.24, 2.45) is 0 Å². The van der Waals surface area contributed by atoms with E-state index in [2.05, 4.69) is 15.0 Å². The highest BCUT2D eigenvalue weighted by atomic mass is 32.2. The Balaban J connectivity index is 2.67. The van der Waals surface area contributed by atoms with Gasteiger partial charge in [0.05, 0.1) is 0 Å². The summed E-state index contributed by atoms with van der Waals surface area (Å²) in [7, 11) is 0. The van der Waals surface area contributed by atoms with E-state index in [1.807, 2.05) is 12.5 Å². The largest absolute Gasteiger partial charge is 0.228 e. The van der Waals surface area contributed by atoms with Crippen LogP contribution in [0.2, 0.25) is 0 Å². The van der Waals surface area contributed by atoms with Crippen LogP contribution in [0, 0.1) is 0 Å². The molecule has 0 spiro atoms. The number of nitrogens with zero attached hydrogens (tertiary/aromatic N) is 3. The predicted octanol–water partition coefficient (Wildman–Crippen LogP) is 2.53. The van der Waals surface area contributed by atoms with Gasteiger partial charge in [-0.25, -0.2) is 15.0 Å². The number of hydrogen-bond acceptors (Lipinski definition) is 6. The lowest BCUT2D eigenvalue weighted by Crippen LogP contribution is -1.82. The van der Waals surface area contributed by atoms with Crippen molar-refractivity contribution in [3.05, 3.63) is 6.33 Å². The van der Waals surface area contributed by atoms with Crippen molar-refractivity contribution in [2.45, 2.75) is 9.37 Å². The molecule has 0 atom stereocenters. The molecule has 0 fully saturated rings. The molecule has 0 aliphatic carbocycles. The standard InChI is InChI=1S/C7H7N3S3/c1-11-6-4-5(8-3-9-6)10-7(12-2)13-4/h3H,1-2H3. The van der Waals surface area contributed by atoms with E-state index < -0.39 is 0 Å². The van der Waals surface area contributed by atoms with Gasteiger partial charge in [-0.15, -0.1) is 23.1 Å². The zero-order valence-electron chi connectivity index (χ0n) is 7.14. The summed E-state index contributed by atoms with van der Waals surface area (Å²) in [4.78, 5) is 12.7. The summed E-state index contributed by atoms with van der Waals surface area (Å²) in [6, 6.07) is 0. The number of aromatic nitrogens is 3. The van der Waals surface area contributed by atoms with E-state index in [4.69, 9.17) is 0 Å². The van der Waals surface area contributed by atoms with Gasteiger partial charge in [0.25, 0.3) is 0 Å². The molecule has 0 N–H and O–H groups in total. The Morgan fingerprint density at radius 2 is 2.08 bits per heavy atom. The van der Waals surface area contributed by atoms with Gasteiger partial charge in [0.1, 0.15) is 16.1 Å². The van der Waals surface area contributed by atoms with Crippen molar-refractivity contribution in [1.29, 1.82) is 0 Å². The van der Waals surface area contributed by atoms with Crippen LogP contribution in [0.3, 0.4) is 0 Å². The van der Waals surface area contributed by atoms with E-state index in [-0.39, 0.29) is 0 Å². The van der Waals surface area contributed by atoms with E-state index in [1.54, 1.807) is 41.2 Å². The Kier molecular flexibility index (Phi) is 2.71. The summed E-state index contributed by atoms with van der Waals surface area (Å²) >= 11 is 4.93. The summed E-state index contributed by atoms with van der Waals surface area (Å²) < 4.78 is 2.14. The van der Waals surface area contributed by atoms with Gasteiger partial charge < -0.3 is 0 Å². The van der Waals surface area contributed by atoms with Gasteiger partial charge in [-0.2, -0.15) is 0 Å². The lowest BCUT2D eigenvalue weighted by molar-refractivity contribution is 1.09. The second-order valence-electron chi connectivity index (χ2n) is 2.22. The first-order valence-electron chi connectivity index (χ1n) is 3.54. The average molecular weight is 229 g/mol. The topological polar surface area (TPSA) is 38.7 Å². The third-order valence-electron chi connectivity index (χ3n) is 1.51. The minimum atomic E-state index is 0.814. The Bertz CT molecular complexity index is 426. The van der Waals surface area contributed by atoms with Gasteiger partial charge in [-0.05, 0) is 12.5 Å². The second kappa shape index (κ2) is 3.81. The van der Waals surface area contributed by atoms with E-state index >= 15 is 0 Å². The SMILES string of the molecule is CSc1nc2ncnc(SC)c2s1. The first-order chi connectivity index (χ1) is 6.35.